The molecule has 1 nitrogen and oxygen atoms in total. The lowest BCUT2D eigenvalue weighted by molar-refractivity contribution is 0.252. The van der Waals surface area contributed by atoms with E-state index in [1.165, 1.54) is 37.7 Å². The van der Waals surface area contributed by atoms with Gasteiger partial charge >= 0.3 is 0 Å². The minimum absolute atomic E-state index is 0.250. The molecule has 0 unspecified atom stereocenters. The Morgan fingerprint density at radius 3 is 2.20 bits per heavy atom. The van der Waals surface area contributed by atoms with Gasteiger partial charge in [0.2, 0.25) is 0 Å². The van der Waals surface area contributed by atoms with Crippen LogP contribution in [0.15, 0.2) is 30.3 Å². The Kier molecular flexibility index (Phi) is 3.11. The summed E-state index contributed by atoms with van der Waals surface area (Å²) in [6, 6.07) is 11.1. The summed E-state index contributed by atoms with van der Waals surface area (Å²) in [7, 11) is 0. The molecule has 1 heteroatoms. The van der Waals surface area contributed by atoms with Crippen molar-refractivity contribution in [2.45, 2.75) is 50.5 Å². The maximum atomic E-state index is 6.23. The van der Waals surface area contributed by atoms with Gasteiger partial charge in [-0.15, -0.1) is 0 Å². The minimum Gasteiger partial charge on any atom is -0.327 e. The molecule has 15 heavy (non-hydrogen) atoms. The second-order valence-corrected chi connectivity index (χ2v) is 4.87. The molecule has 0 amide bonds. The molecule has 0 saturated heterocycles. The van der Waals surface area contributed by atoms with E-state index >= 15 is 0 Å². The third kappa shape index (κ3) is 1.93. The lowest BCUT2D eigenvalue weighted by Gasteiger charge is -2.41. The number of rotatable bonds is 2. The van der Waals surface area contributed by atoms with Gasteiger partial charge in [-0.2, -0.15) is 0 Å². The van der Waals surface area contributed by atoms with Gasteiger partial charge in [-0.05, 0) is 25.3 Å². The van der Waals surface area contributed by atoms with Crippen LogP contribution in [0.4, 0.5) is 0 Å². The molecule has 1 aliphatic rings. The van der Waals surface area contributed by atoms with Crippen LogP contribution in [0.1, 0.15) is 44.6 Å². The van der Waals surface area contributed by atoms with Gasteiger partial charge < -0.3 is 5.73 Å². The molecule has 1 aromatic carbocycles. The molecular formula is C14H21N. The van der Waals surface area contributed by atoms with Crippen LogP contribution in [-0.2, 0) is 5.41 Å². The molecule has 0 aliphatic heterocycles. The van der Waals surface area contributed by atoms with E-state index < -0.39 is 0 Å². The van der Waals surface area contributed by atoms with Crippen LogP contribution in [0.2, 0.25) is 0 Å². The number of hydrogen-bond donors (Lipinski definition) is 1. The van der Waals surface area contributed by atoms with Crippen molar-refractivity contribution in [2.75, 3.05) is 0 Å². The van der Waals surface area contributed by atoms with E-state index in [4.69, 9.17) is 5.73 Å². The van der Waals surface area contributed by atoms with E-state index in [0.29, 0.717) is 0 Å². The van der Waals surface area contributed by atoms with Crippen molar-refractivity contribution in [2.24, 2.45) is 5.73 Å². The van der Waals surface area contributed by atoms with Gasteiger partial charge in [0, 0.05) is 11.5 Å². The molecule has 0 heterocycles. The molecule has 0 radical (unpaired) electrons. The molecule has 1 saturated carbocycles. The summed E-state index contributed by atoms with van der Waals surface area (Å²) < 4.78 is 0. The van der Waals surface area contributed by atoms with Crippen molar-refractivity contribution in [1.82, 2.24) is 0 Å². The molecule has 0 bridgehead atoms. The molecule has 1 aliphatic carbocycles. The van der Waals surface area contributed by atoms with Crippen LogP contribution in [-0.4, -0.2) is 6.04 Å². The fourth-order valence-corrected chi connectivity index (χ4v) is 2.96. The Morgan fingerprint density at radius 1 is 1.07 bits per heavy atom. The van der Waals surface area contributed by atoms with Crippen molar-refractivity contribution in [3.63, 3.8) is 0 Å². The van der Waals surface area contributed by atoms with Gasteiger partial charge in [0.1, 0.15) is 0 Å². The van der Waals surface area contributed by atoms with Crippen molar-refractivity contribution >= 4 is 0 Å². The summed E-state index contributed by atoms with van der Waals surface area (Å²) in [5.41, 5.74) is 7.93. The van der Waals surface area contributed by atoms with Gasteiger partial charge in [0.15, 0.2) is 0 Å². The smallest absolute Gasteiger partial charge is 0.0108 e. The van der Waals surface area contributed by atoms with E-state index in [0.717, 1.165) is 0 Å². The van der Waals surface area contributed by atoms with Crippen LogP contribution in [0.25, 0.3) is 0 Å². The minimum atomic E-state index is 0.250. The van der Waals surface area contributed by atoms with E-state index in [1.807, 2.05) is 0 Å². The highest BCUT2D eigenvalue weighted by atomic mass is 14.7. The number of benzene rings is 1. The van der Waals surface area contributed by atoms with Crippen LogP contribution in [0, 0.1) is 0 Å². The second kappa shape index (κ2) is 4.36. The van der Waals surface area contributed by atoms with Crippen molar-refractivity contribution in [3.8, 4) is 0 Å². The summed E-state index contributed by atoms with van der Waals surface area (Å²) in [5, 5.41) is 0. The van der Waals surface area contributed by atoms with E-state index in [1.54, 1.807) is 0 Å². The Labute approximate surface area is 92.7 Å². The van der Waals surface area contributed by atoms with Crippen LogP contribution in [0.5, 0.6) is 0 Å². The van der Waals surface area contributed by atoms with Crippen LogP contribution < -0.4 is 5.73 Å². The van der Waals surface area contributed by atoms with Gasteiger partial charge in [0.05, 0.1) is 0 Å². The maximum Gasteiger partial charge on any atom is 0.0108 e. The van der Waals surface area contributed by atoms with Gasteiger partial charge in [-0.25, -0.2) is 0 Å². The lowest BCUT2D eigenvalue weighted by Crippen LogP contribution is -2.44. The Bertz CT molecular complexity index is 296. The van der Waals surface area contributed by atoms with Crippen molar-refractivity contribution in [3.05, 3.63) is 35.9 Å². The Morgan fingerprint density at radius 2 is 1.67 bits per heavy atom. The number of hydrogen-bond acceptors (Lipinski definition) is 1. The van der Waals surface area contributed by atoms with Crippen LogP contribution >= 0.6 is 0 Å². The molecule has 82 valence electrons. The highest BCUT2D eigenvalue weighted by molar-refractivity contribution is 5.28. The quantitative estimate of drug-likeness (QED) is 0.784. The van der Waals surface area contributed by atoms with Gasteiger partial charge in [0.25, 0.3) is 0 Å². The molecule has 0 aromatic heterocycles. The zero-order valence-electron chi connectivity index (χ0n) is 9.58. The first-order valence-corrected chi connectivity index (χ1v) is 6.07. The lowest BCUT2D eigenvalue weighted by atomic mass is 9.65. The zero-order chi connectivity index (χ0) is 10.7. The standard InChI is InChI=1S/C14H21N/c1-12(15)14(10-6-3-7-11-14)13-8-4-2-5-9-13/h2,4-5,8-9,12H,3,6-7,10-11,15H2,1H3/t12-/m0/s1. The average Bonchev–Trinajstić information content (AvgIpc) is 2.31. The molecule has 1 atom stereocenters. The molecule has 2 N–H and O–H groups in total. The zero-order valence-corrected chi connectivity index (χ0v) is 9.58. The SMILES string of the molecule is C[C@H](N)C1(c2ccccc2)CCCCC1. The van der Waals surface area contributed by atoms with E-state index in [-0.39, 0.29) is 11.5 Å². The van der Waals surface area contributed by atoms with Crippen molar-refractivity contribution in [1.29, 1.82) is 0 Å². The molecular weight excluding hydrogens is 182 g/mol. The topological polar surface area (TPSA) is 26.0 Å². The normalized spacial score (nSPS) is 22.3. The largest absolute Gasteiger partial charge is 0.327 e. The highest BCUT2D eigenvalue weighted by Gasteiger charge is 2.36. The first kappa shape index (κ1) is 10.7. The van der Waals surface area contributed by atoms with E-state index in [9.17, 15) is 0 Å². The van der Waals surface area contributed by atoms with E-state index in [2.05, 4.69) is 37.3 Å². The van der Waals surface area contributed by atoms with Crippen LogP contribution in [0.3, 0.4) is 0 Å². The molecule has 1 fully saturated rings. The second-order valence-electron chi connectivity index (χ2n) is 4.87. The van der Waals surface area contributed by atoms with Crippen molar-refractivity contribution < 1.29 is 0 Å². The first-order valence-electron chi connectivity index (χ1n) is 6.07. The summed E-state index contributed by atoms with van der Waals surface area (Å²) in [5.74, 6) is 0. The molecule has 1 aromatic rings. The summed E-state index contributed by atoms with van der Waals surface area (Å²) in [6.07, 6.45) is 6.55. The first-order chi connectivity index (χ1) is 7.26. The maximum absolute atomic E-state index is 6.23. The Hall–Kier alpha value is -0.820. The summed E-state index contributed by atoms with van der Waals surface area (Å²) >= 11 is 0. The highest BCUT2D eigenvalue weighted by Crippen LogP contribution is 2.41. The fourth-order valence-electron chi connectivity index (χ4n) is 2.96. The predicted molar refractivity (Wildman–Crippen MR) is 64.9 cm³/mol. The molecule has 0 spiro atoms. The Balaban J connectivity index is 2.34. The van der Waals surface area contributed by atoms with Gasteiger partial charge in [-0.1, -0.05) is 49.6 Å². The third-order valence-electron chi connectivity index (χ3n) is 3.97. The number of nitrogens with two attached hydrogens (primary N) is 1. The average molecular weight is 203 g/mol. The summed E-state index contributed by atoms with van der Waals surface area (Å²) in [6.45, 7) is 2.16. The van der Waals surface area contributed by atoms with Gasteiger partial charge in [-0.3, -0.25) is 0 Å². The predicted octanol–water partition coefficient (Wildman–Crippen LogP) is 3.24. The fraction of sp³-hybridized carbons (Fsp3) is 0.571. The third-order valence-corrected chi connectivity index (χ3v) is 3.97. The monoisotopic (exact) mass is 203 g/mol. The summed E-state index contributed by atoms with van der Waals surface area (Å²) in [4.78, 5) is 0. The molecule has 2 rings (SSSR count).